The molecule has 0 aromatic heterocycles. The third-order valence-electron chi connectivity index (χ3n) is 2.84. The van der Waals surface area contributed by atoms with Gasteiger partial charge >= 0.3 is 0 Å². The molecule has 5 heteroatoms. The van der Waals surface area contributed by atoms with Crippen molar-refractivity contribution in [3.63, 3.8) is 0 Å². The summed E-state index contributed by atoms with van der Waals surface area (Å²) in [6.45, 7) is 2.13. The van der Waals surface area contributed by atoms with Crippen molar-refractivity contribution in [2.75, 3.05) is 18.1 Å². The van der Waals surface area contributed by atoms with Gasteiger partial charge in [-0.3, -0.25) is 4.79 Å². The first-order chi connectivity index (χ1) is 7.58. The molecule has 1 amide bonds. The second kappa shape index (κ2) is 6.47. The highest BCUT2D eigenvalue weighted by molar-refractivity contribution is 7.99. The minimum Gasteiger partial charge on any atom is -0.396 e. The number of amides is 1. The molecule has 4 nitrogen and oxygen atoms in total. The molecule has 1 aliphatic rings. The van der Waals surface area contributed by atoms with Crippen molar-refractivity contribution in [3.8, 4) is 0 Å². The number of thioether (sulfide) groups is 1. The molecular formula is C11H22N2O2S. The second-order valence-corrected chi connectivity index (χ2v) is 5.78. The fraction of sp³-hybridized carbons (Fsp3) is 0.909. The van der Waals surface area contributed by atoms with Gasteiger partial charge in [0.15, 0.2) is 0 Å². The van der Waals surface area contributed by atoms with Gasteiger partial charge in [-0.1, -0.05) is 0 Å². The molecule has 1 saturated carbocycles. The molecule has 0 radical (unpaired) electrons. The summed E-state index contributed by atoms with van der Waals surface area (Å²) in [6.07, 6.45) is 3.88. The molecule has 0 aromatic rings. The van der Waals surface area contributed by atoms with E-state index in [4.69, 9.17) is 10.8 Å². The van der Waals surface area contributed by atoms with Gasteiger partial charge in [0.05, 0.1) is 5.54 Å². The number of nitrogens with two attached hydrogens (primary N) is 1. The molecule has 1 atom stereocenters. The van der Waals surface area contributed by atoms with Gasteiger partial charge in [0.25, 0.3) is 0 Å². The molecule has 94 valence electrons. The highest BCUT2D eigenvalue weighted by Crippen LogP contribution is 2.24. The maximum absolute atomic E-state index is 11.4. The summed E-state index contributed by atoms with van der Waals surface area (Å²) in [5.41, 5.74) is 4.88. The Kier molecular flexibility index (Phi) is 5.58. The van der Waals surface area contributed by atoms with Gasteiger partial charge in [-0.05, 0) is 44.1 Å². The Morgan fingerprint density at radius 2 is 2.25 bits per heavy atom. The van der Waals surface area contributed by atoms with Crippen LogP contribution in [0.25, 0.3) is 0 Å². The Morgan fingerprint density at radius 3 is 2.75 bits per heavy atom. The molecule has 0 aromatic carbocycles. The number of hydrogen-bond donors (Lipinski definition) is 3. The number of nitrogens with one attached hydrogen (secondary N) is 1. The van der Waals surface area contributed by atoms with Crippen LogP contribution in [0.5, 0.6) is 0 Å². The average molecular weight is 246 g/mol. The van der Waals surface area contributed by atoms with E-state index in [2.05, 4.69) is 5.32 Å². The number of aliphatic hydroxyl groups excluding tert-OH is 1. The third kappa shape index (κ3) is 4.72. The zero-order chi connectivity index (χ0) is 12.0. The van der Waals surface area contributed by atoms with Crippen molar-refractivity contribution in [2.45, 2.75) is 44.2 Å². The summed E-state index contributed by atoms with van der Waals surface area (Å²) in [5.74, 6) is 1.58. The molecule has 0 bridgehead atoms. The molecule has 0 heterocycles. The van der Waals surface area contributed by atoms with Crippen molar-refractivity contribution in [1.82, 2.24) is 5.32 Å². The van der Waals surface area contributed by atoms with Crippen molar-refractivity contribution < 1.29 is 9.90 Å². The van der Waals surface area contributed by atoms with Crippen LogP contribution in [-0.2, 0) is 4.79 Å². The maximum Gasteiger partial charge on any atom is 0.237 e. The quantitative estimate of drug-likeness (QED) is 0.518. The molecule has 0 aliphatic heterocycles. The maximum atomic E-state index is 11.4. The van der Waals surface area contributed by atoms with Crippen LogP contribution < -0.4 is 11.1 Å². The molecular weight excluding hydrogens is 224 g/mol. The van der Waals surface area contributed by atoms with Crippen LogP contribution in [0.4, 0.5) is 0 Å². The van der Waals surface area contributed by atoms with E-state index in [9.17, 15) is 4.79 Å². The summed E-state index contributed by atoms with van der Waals surface area (Å²) in [4.78, 5) is 11.4. The second-order valence-electron chi connectivity index (χ2n) is 4.55. The zero-order valence-corrected chi connectivity index (χ0v) is 10.7. The van der Waals surface area contributed by atoms with E-state index in [1.807, 2.05) is 6.92 Å². The van der Waals surface area contributed by atoms with E-state index >= 15 is 0 Å². The minimum absolute atomic E-state index is 0.237. The van der Waals surface area contributed by atoms with E-state index in [0.29, 0.717) is 6.04 Å². The SMILES string of the molecule is CC(CCSCCCO)(NC1CC1)C(N)=O. The van der Waals surface area contributed by atoms with Crippen LogP contribution in [0, 0.1) is 0 Å². The highest BCUT2D eigenvalue weighted by Gasteiger charge is 2.36. The third-order valence-corrected chi connectivity index (χ3v) is 3.91. The number of primary amides is 1. The number of carbonyl (C=O) groups is 1. The fourth-order valence-corrected chi connectivity index (χ4v) is 2.58. The fourth-order valence-electron chi connectivity index (χ4n) is 1.49. The summed E-state index contributed by atoms with van der Waals surface area (Å²) >= 11 is 1.76. The number of aliphatic hydroxyl groups is 1. The van der Waals surface area contributed by atoms with E-state index in [-0.39, 0.29) is 12.5 Å². The zero-order valence-electron chi connectivity index (χ0n) is 9.87. The first kappa shape index (κ1) is 13.8. The Hall–Kier alpha value is -0.260. The van der Waals surface area contributed by atoms with Gasteiger partial charge in [0.2, 0.25) is 5.91 Å². The van der Waals surface area contributed by atoms with Gasteiger partial charge in [-0.15, -0.1) is 0 Å². The van der Waals surface area contributed by atoms with Crippen LogP contribution in [0.3, 0.4) is 0 Å². The van der Waals surface area contributed by atoms with Gasteiger partial charge in [-0.25, -0.2) is 0 Å². The van der Waals surface area contributed by atoms with Gasteiger partial charge in [-0.2, -0.15) is 11.8 Å². The first-order valence-electron chi connectivity index (χ1n) is 5.85. The van der Waals surface area contributed by atoms with Crippen LogP contribution in [-0.4, -0.2) is 40.7 Å². The molecule has 1 rings (SSSR count). The Labute approximate surface area is 101 Å². The van der Waals surface area contributed by atoms with E-state index in [1.165, 1.54) is 0 Å². The monoisotopic (exact) mass is 246 g/mol. The van der Waals surface area contributed by atoms with Crippen molar-refractivity contribution in [1.29, 1.82) is 0 Å². The van der Waals surface area contributed by atoms with Gasteiger partial charge < -0.3 is 16.2 Å². The summed E-state index contributed by atoms with van der Waals surface area (Å²) in [5, 5.41) is 12.0. The van der Waals surface area contributed by atoms with Crippen LogP contribution in [0.1, 0.15) is 32.6 Å². The van der Waals surface area contributed by atoms with Crippen LogP contribution >= 0.6 is 11.8 Å². The van der Waals surface area contributed by atoms with Crippen LogP contribution in [0.15, 0.2) is 0 Å². The predicted octanol–water partition coefficient (Wildman–Crippen LogP) is 0.488. The first-order valence-corrected chi connectivity index (χ1v) is 7.00. The summed E-state index contributed by atoms with van der Waals surface area (Å²) < 4.78 is 0. The lowest BCUT2D eigenvalue weighted by Gasteiger charge is -2.27. The van der Waals surface area contributed by atoms with Crippen molar-refractivity contribution in [2.24, 2.45) is 5.73 Å². The lowest BCUT2D eigenvalue weighted by molar-refractivity contribution is -0.124. The summed E-state index contributed by atoms with van der Waals surface area (Å²) in [7, 11) is 0. The lowest BCUT2D eigenvalue weighted by atomic mass is 9.98. The topological polar surface area (TPSA) is 75.3 Å². The Bertz CT molecular complexity index is 234. The van der Waals surface area contributed by atoms with Gasteiger partial charge in [0, 0.05) is 12.6 Å². The van der Waals surface area contributed by atoms with Crippen LogP contribution in [0.2, 0.25) is 0 Å². The van der Waals surface area contributed by atoms with Crippen molar-refractivity contribution in [3.05, 3.63) is 0 Å². The van der Waals surface area contributed by atoms with E-state index in [1.54, 1.807) is 11.8 Å². The molecule has 1 unspecified atom stereocenters. The average Bonchev–Trinajstić information content (AvgIpc) is 3.01. The molecule has 4 N–H and O–H groups in total. The molecule has 0 saturated heterocycles. The Balaban J connectivity index is 2.23. The minimum atomic E-state index is -0.562. The normalized spacial score (nSPS) is 19.4. The van der Waals surface area contributed by atoms with E-state index in [0.717, 1.165) is 37.2 Å². The smallest absolute Gasteiger partial charge is 0.237 e. The standard InChI is InChI=1S/C11H22N2O2S/c1-11(10(12)15,13-9-3-4-9)5-8-16-7-2-6-14/h9,13-14H,2-8H2,1H3,(H2,12,15). The molecule has 1 aliphatic carbocycles. The molecule has 0 spiro atoms. The Morgan fingerprint density at radius 1 is 1.56 bits per heavy atom. The molecule has 1 fully saturated rings. The van der Waals surface area contributed by atoms with E-state index < -0.39 is 5.54 Å². The predicted molar refractivity (Wildman–Crippen MR) is 67.4 cm³/mol. The van der Waals surface area contributed by atoms with Gasteiger partial charge in [0.1, 0.15) is 0 Å². The number of hydrogen-bond acceptors (Lipinski definition) is 4. The van der Waals surface area contributed by atoms with Crippen molar-refractivity contribution >= 4 is 17.7 Å². The number of carbonyl (C=O) groups excluding carboxylic acids is 1. The summed E-state index contributed by atoms with van der Waals surface area (Å²) in [6, 6.07) is 0.486. The number of rotatable bonds is 9. The lowest BCUT2D eigenvalue weighted by Crippen LogP contribution is -2.54. The molecule has 16 heavy (non-hydrogen) atoms. The highest BCUT2D eigenvalue weighted by atomic mass is 32.2. The largest absolute Gasteiger partial charge is 0.396 e.